The van der Waals surface area contributed by atoms with E-state index in [0.717, 1.165) is 47.6 Å². The Morgan fingerprint density at radius 2 is 2.19 bits per heavy atom. The van der Waals surface area contributed by atoms with Gasteiger partial charge < -0.3 is 19.6 Å². The fourth-order valence-corrected chi connectivity index (χ4v) is 4.02. The van der Waals surface area contributed by atoms with Crippen LogP contribution in [0, 0.1) is 12.8 Å². The van der Waals surface area contributed by atoms with E-state index in [9.17, 15) is 9.90 Å². The summed E-state index contributed by atoms with van der Waals surface area (Å²) in [4.78, 5) is 17.0. The van der Waals surface area contributed by atoms with Crippen molar-refractivity contribution < 1.29 is 5.11 Å². The molecule has 0 saturated carbocycles. The third-order valence-corrected chi connectivity index (χ3v) is 5.46. The third kappa shape index (κ3) is 3.42. The third-order valence-electron chi connectivity index (χ3n) is 5.46. The first kappa shape index (κ1) is 17.9. The van der Waals surface area contributed by atoms with Crippen LogP contribution in [0.15, 0.2) is 35.3 Å². The summed E-state index contributed by atoms with van der Waals surface area (Å²) in [5.74, 6) is 1.44. The van der Waals surface area contributed by atoms with Crippen molar-refractivity contribution in [1.29, 1.82) is 0 Å². The Bertz CT molecular complexity index is 1000. The molecule has 1 fully saturated rings. The van der Waals surface area contributed by atoms with E-state index in [4.69, 9.17) is 4.98 Å². The van der Waals surface area contributed by atoms with Gasteiger partial charge in [-0.15, -0.1) is 0 Å². The lowest BCUT2D eigenvalue weighted by atomic mass is 9.99. The molecule has 3 aromatic rings. The SMILES string of the molecule is Cc1cc(-c2nc3cc(CO)ccc3n2C[C@@H]2CCCNC2)cn(C)c1=O. The molecule has 0 aliphatic carbocycles. The second kappa shape index (κ2) is 7.29. The fraction of sp³-hybridized carbons (Fsp3) is 0.429. The van der Waals surface area contributed by atoms with Gasteiger partial charge >= 0.3 is 0 Å². The number of aliphatic hydroxyl groups is 1. The highest BCUT2D eigenvalue weighted by Crippen LogP contribution is 2.28. The van der Waals surface area contributed by atoms with Crippen LogP contribution >= 0.6 is 0 Å². The Labute approximate surface area is 158 Å². The summed E-state index contributed by atoms with van der Waals surface area (Å²) in [6.07, 6.45) is 4.26. The second-order valence-corrected chi connectivity index (χ2v) is 7.57. The maximum absolute atomic E-state index is 12.1. The van der Waals surface area contributed by atoms with Gasteiger partial charge in [0.05, 0.1) is 17.6 Å². The molecule has 1 atom stereocenters. The van der Waals surface area contributed by atoms with Crippen LogP contribution in [0.2, 0.25) is 0 Å². The van der Waals surface area contributed by atoms with E-state index in [1.807, 2.05) is 37.4 Å². The molecule has 0 amide bonds. The molecule has 1 aliphatic heterocycles. The monoisotopic (exact) mass is 366 g/mol. The van der Waals surface area contributed by atoms with Gasteiger partial charge in [0.15, 0.2) is 0 Å². The van der Waals surface area contributed by atoms with Gasteiger partial charge in [-0.05, 0) is 62.5 Å². The number of aryl methyl sites for hydroxylation is 2. The predicted molar refractivity (Wildman–Crippen MR) is 107 cm³/mol. The molecular weight excluding hydrogens is 340 g/mol. The summed E-state index contributed by atoms with van der Waals surface area (Å²) in [5, 5.41) is 13.0. The molecule has 0 bridgehead atoms. The Morgan fingerprint density at radius 3 is 2.89 bits per heavy atom. The maximum Gasteiger partial charge on any atom is 0.253 e. The molecule has 4 rings (SSSR count). The average Bonchev–Trinajstić information content (AvgIpc) is 3.04. The fourth-order valence-electron chi connectivity index (χ4n) is 4.02. The van der Waals surface area contributed by atoms with Crippen LogP contribution in [0.5, 0.6) is 0 Å². The number of nitrogens with zero attached hydrogens (tertiary/aromatic N) is 3. The van der Waals surface area contributed by atoms with Gasteiger partial charge in [0.25, 0.3) is 5.56 Å². The minimum Gasteiger partial charge on any atom is -0.392 e. The second-order valence-electron chi connectivity index (χ2n) is 7.57. The van der Waals surface area contributed by atoms with Crippen LogP contribution < -0.4 is 10.9 Å². The maximum atomic E-state index is 12.1. The van der Waals surface area contributed by atoms with Crippen molar-refractivity contribution in [2.24, 2.45) is 13.0 Å². The Kier molecular flexibility index (Phi) is 4.85. The summed E-state index contributed by atoms with van der Waals surface area (Å²) in [7, 11) is 1.78. The van der Waals surface area contributed by atoms with E-state index in [-0.39, 0.29) is 12.2 Å². The van der Waals surface area contributed by atoms with E-state index in [0.29, 0.717) is 11.5 Å². The van der Waals surface area contributed by atoms with E-state index in [1.54, 1.807) is 11.6 Å². The van der Waals surface area contributed by atoms with Gasteiger partial charge in [0, 0.05) is 30.9 Å². The lowest BCUT2D eigenvalue weighted by Gasteiger charge is -2.24. The molecule has 3 heterocycles. The zero-order valence-corrected chi connectivity index (χ0v) is 15.9. The van der Waals surface area contributed by atoms with E-state index >= 15 is 0 Å². The summed E-state index contributed by atoms with van der Waals surface area (Å²) in [5.41, 5.74) is 4.48. The first-order valence-electron chi connectivity index (χ1n) is 9.55. The lowest BCUT2D eigenvalue weighted by molar-refractivity contribution is 0.282. The van der Waals surface area contributed by atoms with Crippen molar-refractivity contribution in [3.63, 3.8) is 0 Å². The highest BCUT2D eigenvalue weighted by molar-refractivity contribution is 5.81. The Morgan fingerprint density at radius 1 is 1.33 bits per heavy atom. The molecule has 0 unspecified atom stereocenters. The number of fused-ring (bicyclic) bond motifs is 1. The van der Waals surface area contributed by atoms with E-state index in [1.165, 1.54) is 12.8 Å². The summed E-state index contributed by atoms with van der Waals surface area (Å²) in [6, 6.07) is 7.87. The summed E-state index contributed by atoms with van der Waals surface area (Å²) >= 11 is 0. The van der Waals surface area contributed by atoms with Crippen molar-refractivity contribution in [2.45, 2.75) is 32.9 Å². The Hall–Kier alpha value is -2.44. The molecule has 0 spiro atoms. The molecule has 2 aromatic heterocycles. The molecule has 1 saturated heterocycles. The normalized spacial score (nSPS) is 17.5. The molecule has 6 nitrogen and oxygen atoms in total. The molecule has 1 aliphatic rings. The average molecular weight is 366 g/mol. The number of piperidine rings is 1. The number of hydrogen-bond acceptors (Lipinski definition) is 4. The molecule has 0 radical (unpaired) electrons. The number of nitrogens with one attached hydrogen (secondary N) is 1. The van der Waals surface area contributed by atoms with Crippen LogP contribution in [-0.4, -0.2) is 32.3 Å². The van der Waals surface area contributed by atoms with Gasteiger partial charge in [-0.3, -0.25) is 4.79 Å². The Balaban J connectivity index is 1.87. The quantitative estimate of drug-likeness (QED) is 0.743. The first-order chi connectivity index (χ1) is 13.1. The summed E-state index contributed by atoms with van der Waals surface area (Å²) < 4.78 is 3.89. The molecule has 1 aromatic carbocycles. The number of rotatable bonds is 4. The number of hydrogen-bond donors (Lipinski definition) is 2. The van der Waals surface area contributed by atoms with Gasteiger partial charge in [0.2, 0.25) is 0 Å². The van der Waals surface area contributed by atoms with Crippen LogP contribution in [0.4, 0.5) is 0 Å². The van der Waals surface area contributed by atoms with Crippen molar-refractivity contribution in [1.82, 2.24) is 19.4 Å². The van der Waals surface area contributed by atoms with Crippen molar-refractivity contribution in [3.05, 3.63) is 51.9 Å². The number of imidazole rings is 1. The van der Waals surface area contributed by atoms with Crippen molar-refractivity contribution in [2.75, 3.05) is 13.1 Å². The van der Waals surface area contributed by atoms with E-state index in [2.05, 4.69) is 9.88 Å². The van der Waals surface area contributed by atoms with Crippen LogP contribution in [0.3, 0.4) is 0 Å². The van der Waals surface area contributed by atoms with Crippen LogP contribution in [0.1, 0.15) is 24.0 Å². The number of aromatic nitrogens is 3. The molecule has 27 heavy (non-hydrogen) atoms. The highest BCUT2D eigenvalue weighted by Gasteiger charge is 2.20. The zero-order chi connectivity index (χ0) is 19.0. The van der Waals surface area contributed by atoms with E-state index < -0.39 is 0 Å². The predicted octanol–water partition coefficient (Wildman–Crippen LogP) is 2.20. The molecule has 2 N–H and O–H groups in total. The van der Waals surface area contributed by atoms with Crippen molar-refractivity contribution >= 4 is 11.0 Å². The number of aliphatic hydroxyl groups excluding tert-OH is 1. The van der Waals surface area contributed by atoms with Crippen LogP contribution in [-0.2, 0) is 20.2 Å². The molecule has 142 valence electrons. The summed E-state index contributed by atoms with van der Waals surface area (Å²) in [6.45, 7) is 4.84. The largest absolute Gasteiger partial charge is 0.392 e. The minimum atomic E-state index is 0.00360. The molecule has 6 heteroatoms. The zero-order valence-electron chi connectivity index (χ0n) is 15.9. The lowest BCUT2D eigenvalue weighted by Crippen LogP contribution is -2.32. The highest BCUT2D eigenvalue weighted by atomic mass is 16.3. The number of pyridine rings is 1. The number of benzene rings is 1. The minimum absolute atomic E-state index is 0.00360. The smallest absolute Gasteiger partial charge is 0.253 e. The molecular formula is C21H26N4O2. The topological polar surface area (TPSA) is 72.1 Å². The first-order valence-corrected chi connectivity index (χ1v) is 9.55. The van der Waals surface area contributed by atoms with Gasteiger partial charge in [-0.25, -0.2) is 4.98 Å². The van der Waals surface area contributed by atoms with Gasteiger partial charge in [-0.1, -0.05) is 6.07 Å². The standard InChI is InChI=1S/C21H26N4O2/c1-14-8-17(12-24(2)21(14)27)20-23-18-9-15(13-26)5-6-19(18)25(20)11-16-4-3-7-22-10-16/h5-6,8-9,12,16,22,26H,3-4,7,10-11,13H2,1-2H3/t16-/m1/s1. The van der Waals surface area contributed by atoms with Crippen molar-refractivity contribution in [3.8, 4) is 11.4 Å². The van der Waals surface area contributed by atoms with Gasteiger partial charge in [-0.2, -0.15) is 0 Å². The van der Waals surface area contributed by atoms with Gasteiger partial charge in [0.1, 0.15) is 5.82 Å². The van der Waals surface area contributed by atoms with Crippen LogP contribution in [0.25, 0.3) is 22.4 Å².